The quantitative estimate of drug-likeness (QED) is 0.746. The van der Waals surface area contributed by atoms with Crippen molar-refractivity contribution in [1.82, 2.24) is 5.32 Å². The summed E-state index contributed by atoms with van der Waals surface area (Å²) in [6.07, 6.45) is 4.26. The summed E-state index contributed by atoms with van der Waals surface area (Å²) < 4.78 is 0. The van der Waals surface area contributed by atoms with Crippen LogP contribution in [0.25, 0.3) is 0 Å². The van der Waals surface area contributed by atoms with E-state index >= 15 is 0 Å². The molecule has 3 atom stereocenters. The van der Waals surface area contributed by atoms with Crippen LogP contribution in [0.5, 0.6) is 0 Å². The van der Waals surface area contributed by atoms with Gasteiger partial charge in [0.1, 0.15) is 0 Å². The molecule has 1 aliphatic rings. The van der Waals surface area contributed by atoms with Gasteiger partial charge in [-0.05, 0) is 36.0 Å². The van der Waals surface area contributed by atoms with E-state index in [1.165, 1.54) is 18.4 Å². The number of nitrogens with one attached hydrogen (secondary N) is 1. The minimum atomic E-state index is 0.199. The van der Waals surface area contributed by atoms with E-state index < -0.39 is 0 Å². The zero-order valence-corrected chi connectivity index (χ0v) is 15.1. The highest BCUT2D eigenvalue weighted by Crippen LogP contribution is 2.29. The second kappa shape index (κ2) is 8.83. The second-order valence-corrected chi connectivity index (χ2v) is 7.92. The fraction of sp³-hybridized carbons (Fsp3) is 0.611. The van der Waals surface area contributed by atoms with Gasteiger partial charge in [0.15, 0.2) is 0 Å². The SMILES string of the molecule is CC1CCCC(NC(=O)CCSCc2cccc(Cl)c2)C1C. The normalized spacial score (nSPS) is 25.0. The van der Waals surface area contributed by atoms with Gasteiger partial charge >= 0.3 is 0 Å². The number of carbonyl (C=O) groups is 1. The molecule has 1 aromatic carbocycles. The first-order chi connectivity index (χ1) is 10.6. The highest BCUT2D eigenvalue weighted by atomic mass is 35.5. The van der Waals surface area contributed by atoms with Crippen LogP contribution >= 0.6 is 23.4 Å². The molecule has 1 saturated carbocycles. The predicted molar refractivity (Wildman–Crippen MR) is 96.3 cm³/mol. The summed E-state index contributed by atoms with van der Waals surface area (Å²) >= 11 is 7.76. The maximum Gasteiger partial charge on any atom is 0.221 e. The Bertz CT molecular complexity index is 494. The number of hydrogen-bond donors (Lipinski definition) is 1. The Labute approximate surface area is 143 Å². The maximum absolute atomic E-state index is 12.1. The van der Waals surface area contributed by atoms with Crippen LogP contribution in [0.3, 0.4) is 0 Å². The molecule has 0 aromatic heterocycles. The van der Waals surface area contributed by atoms with E-state index in [4.69, 9.17) is 11.6 Å². The molecule has 4 heteroatoms. The number of rotatable bonds is 6. The summed E-state index contributed by atoms with van der Waals surface area (Å²) in [5, 5.41) is 4.01. The summed E-state index contributed by atoms with van der Waals surface area (Å²) in [6.45, 7) is 4.56. The van der Waals surface area contributed by atoms with Crippen molar-refractivity contribution in [3.63, 3.8) is 0 Å². The van der Waals surface area contributed by atoms with Crippen LogP contribution in [-0.2, 0) is 10.5 Å². The third kappa shape index (κ3) is 5.51. The van der Waals surface area contributed by atoms with Crippen molar-refractivity contribution < 1.29 is 4.79 Å². The van der Waals surface area contributed by atoms with Crippen LogP contribution in [0, 0.1) is 11.8 Å². The first-order valence-electron chi connectivity index (χ1n) is 8.18. The van der Waals surface area contributed by atoms with Crippen molar-refractivity contribution in [2.24, 2.45) is 11.8 Å². The molecular formula is C18H26ClNOS. The molecule has 1 aromatic rings. The van der Waals surface area contributed by atoms with E-state index in [9.17, 15) is 4.79 Å². The van der Waals surface area contributed by atoms with E-state index in [-0.39, 0.29) is 5.91 Å². The molecule has 22 heavy (non-hydrogen) atoms. The average molecular weight is 340 g/mol. The van der Waals surface area contributed by atoms with E-state index in [2.05, 4.69) is 25.2 Å². The minimum absolute atomic E-state index is 0.199. The highest BCUT2D eigenvalue weighted by molar-refractivity contribution is 7.98. The Morgan fingerprint density at radius 1 is 1.36 bits per heavy atom. The van der Waals surface area contributed by atoms with Gasteiger partial charge in [-0.15, -0.1) is 0 Å². The zero-order chi connectivity index (χ0) is 15.9. The largest absolute Gasteiger partial charge is 0.353 e. The number of benzene rings is 1. The van der Waals surface area contributed by atoms with Crippen LogP contribution in [0.1, 0.15) is 45.1 Å². The monoisotopic (exact) mass is 339 g/mol. The molecule has 0 radical (unpaired) electrons. The Morgan fingerprint density at radius 3 is 2.95 bits per heavy atom. The highest BCUT2D eigenvalue weighted by Gasteiger charge is 2.27. The maximum atomic E-state index is 12.1. The van der Waals surface area contributed by atoms with Gasteiger partial charge in [0.2, 0.25) is 5.91 Å². The lowest BCUT2D eigenvalue weighted by molar-refractivity contribution is -0.122. The Morgan fingerprint density at radius 2 is 2.18 bits per heavy atom. The topological polar surface area (TPSA) is 29.1 Å². The minimum Gasteiger partial charge on any atom is -0.353 e. The molecule has 2 rings (SSSR count). The second-order valence-electron chi connectivity index (χ2n) is 6.37. The van der Waals surface area contributed by atoms with Gasteiger partial charge in [-0.1, -0.05) is 50.4 Å². The smallest absolute Gasteiger partial charge is 0.221 e. The fourth-order valence-electron chi connectivity index (χ4n) is 3.05. The molecule has 0 bridgehead atoms. The average Bonchev–Trinajstić information content (AvgIpc) is 2.49. The van der Waals surface area contributed by atoms with Gasteiger partial charge in [0.25, 0.3) is 0 Å². The van der Waals surface area contributed by atoms with E-state index in [1.54, 1.807) is 11.8 Å². The molecule has 0 spiro atoms. The Hall–Kier alpha value is -0.670. The van der Waals surface area contributed by atoms with Gasteiger partial charge in [-0.25, -0.2) is 0 Å². The van der Waals surface area contributed by atoms with Crippen LogP contribution in [0.2, 0.25) is 5.02 Å². The first-order valence-corrected chi connectivity index (χ1v) is 9.71. The van der Waals surface area contributed by atoms with Crippen molar-refractivity contribution in [2.45, 2.75) is 51.3 Å². The number of halogens is 1. The molecular weight excluding hydrogens is 314 g/mol. The predicted octanol–water partition coefficient (Wildman–Crippen LogP) is 4.90. The third-order valence-electron chi connectivity index (χ3n) is 4.68. The number of carbonyl (C=O) groups excluding carboxylic acids is 1. The third-order valence-corrected chi connectivity index (χ3v) is 5.95. The van der Waals surface area contributed by atoms with Gasteiger partial charge in [-0.3, -0.25) is 4.79 Å². The first kappa shape index (κ1) is 17.7. The summed E-state index contributed by atoms with van der Waals surface area (Å²) in [4.78, 5) is 12.1. The lowest BCUT2D eigenvalue weighted by Gasteiger charge is -2.34. The van der Waals surface area contributed by atoms with Crippen molar-refractivity contribution in [3.05, 3.63) is 34.9 Å². The van der Waals surface area contributed by atoms with Gasteiger partial charge in [-0.2, -0.15) is 11.8 Å². The van der Waals surface area contributed by atoms with E-state index in [0.717, 1.165) is 28.9 Å². The zero-order valence-electron chi connectivity index (χ0n) is 13.5. The van der Waals surface area contributed by atoms with Crippen LogP contribution in [-0.4, -0.2) is 17.7 Å². The van der Waals surface area contributed by atoms with Crippen LogP contribution < -0.4 is 5.32 Å². The molecule has 2 nitrogen and oxygen atoms in total. The molecule has 1 N–H and O–H groups in total. The molecule has 3 unspecified atom stereocenters. The van der Waals surface area contributed by atoms with Crippen LogP contribution in [0.4, 0.5) is 0 Å². The summed E-state index contributed by atoms with van der Waals surface area (Å²) in [5.74, 6) is 3.28. The van der Waals surface area contributed by atoms with Gasteiger partial charge in [0.05, 0.1) is 0 Å². The Balaban J connectivity index is 1.65. The van der Waals surface area contributed by atoms with E-state index in [1.807, 2.05) is 18.2 Å². The Kier molecular flexibility index (Phi) is 7.10. The molecule has 1 fully saturated rings. The molecule has 0 heterocycles. The van der Waals surface area contributed by atoms with Gasteiger partial charge < -0.3 is 5.32 Å². The molecule has 1 amide bonds. The summed E-state index contributed by atoms with van der Waals surface area (Å²) in [7, 11) is 0. The number of thioether (sulfide) groups is 1. The number of hydrogen-bond acceptors (Lipinski definition) is 2. The van der Waals surface area contributed by atoms with E-state index in [0.29, 0.717) is 18.4 Å². The number of amides is 1. The van der Waals surface area contributed by atoms with Crippen molar-refractivity contribution in [1.29, 1.82) is 0 Å². The van der Waals surface area contributed by atoms with Crippen LogP contribution in [0.15, 0.2) is 24.3 Å². The summed E-state index contributed by atoms with van der Waals surface area (Å²) in [6, 6.07) is 8.28. The molecule has 0 aliphatic heterocycles. The molecule has 1 aliphatic carbocycles. The lowest BCUT2D eigenvalue weighted by atomic mass is 9.78. The van der Waals surface area contributed by atoms with Gasteiger partial charge in [0, 0.05) is 29.0 Å². The molecule has 122 valence electrons. The fourth-order valence-corrected chi connectivity index (χ4v) is 4.15. The lowest BCUT2D eigenvalue weighted by Crippen LogP contribution is -2.43. The van der Waals surface area contributed by atoms with Crippen molar-refractivity contribution >= 4 is 29.3 Å². The molecule has 0 saturated heterocycles. The van der Waals surface area contributed by atoms with Crippen molar-refractivity contribution in [3.8, 4) is 0 Å². The van der Waals surface area contributed by atoms with Crippen molar-refractivity contribution in [2.75, 3.05) is 5.75 Å². The standard InChI is InChI=1S/C18H26ClNOS/c1-13-5-3-8-17(14(13)2)20-18(21)9-10-22-12-15-6-4-7-16(19)11-15/h4,6-7,11,13-14,17H,3,5,8-10,12H2,1-2H3,(H,20,21). The summed E-state index contributed by atoms with van der Waals surface area (Å²) in [5.41, 5.74) is 1.22.